The fourth-order valence-electron chi connectivity index (χ4n) is 3.42. The minimum atomic E-state index is -0.184. The lowest BCUT2D eigenvalue weighted by Gasteiger charge is -2.35. The smallest absolute Gasteiger partial charge is 0.241 e. The SMILES string of the molecule is CC(=O)NCC(=O)N1CC[C@@H]2[C@@H](CO[C@H]2CNc2ncccn2)C1. The largest absolute Gasteiger partial charge is 0.376 e. The molecule has 0 bridgehead atoms. The number of likely N-dealkylation sites (tertiary alicyclic amines) is 1. The van der Waals surface area contributed by atoms with E-state index in [1.807, 2.05) is 4.90 Å². The maximum absolute atomic E-state index is 12.1. The van der Waals surface area contributed by atoms with E-state index < -0.39 is 0 Å². The van der Waals surface area contributed by atoms with Gasteiger partial charge in [-0.25, -0.2) is 9.97 Å². The summed E-state index contributed by atoms with van der Waals surface area (Å²) in [5, 5.41) is 5.78. The first-order chi connectivity index (χ1) is 11.6. The van der Waals surface area contributed by atoms with Crippen LogP contribution in [-0.2, 0) is 14.3 Å². The molecular formula is C16H23N5O3. The third-order valence-electron chi connectivity index (χ3n) is 4.66. The highest BCUT2D eigenvalue weighted by Gasteiger charge is 2.41. The van der Waals surface area contributed by atoms with Crippen LogP contribution in [0.2, 0.25) is 0 Å². The number of nitrogens with zero attached hydrogens (tertiary/aromatic N) is 3. The molecule has 2 N–H and O–H groups in total. The van der Waals surface area contributed by atoms with E-state index in [2.05, 4.69) is 20.6 Å². The number of hydrogen-bond donors (Lipinski definition) is 2. The number of ether oxygens (including phenoxy) is 1. The molecule has 0 spiro atoms. The molecule has 0 aromatic carbocycles. The van der Waals surface area contributed by atoms with E-state index in [1.54, 1.807) is 18.5 Å². The van der Waals surface area contributed by atoms with Crippen molar-refractivity contribution in [3.8, 4) is 0 Å². The number of carbonyl (C=O) groups is 2. The highest BCUT2D eigenvalue weighted by Crippen LogP contribution is 2.34. The molecule has 0 aliphatic carbocycles. The average molecular weight is 333 g/mol. The maximum atomic E-state index is 12.1. The number of nitrogens with one attached hydrogen (secondary N) is 2. The van der Waals surface area contributed by atoms with Crippen LogP contribution in [0, 0.1) is 11.8 Å². The van der Waals surface area contributed by atoms with Gasteiger partial charge in [-0.05, 0) is 18.4 Å². The molecule has 1 aromatic rings. The zero-order chi connectivity index (χ0) is 16.9. The Labute approximate surface area is 141 Å². The first-order valence-corrected chi connectivity index (χ1v) is 8.28. The lowest BCUT2D eigenvalue weighted by Crippen LogP contribution is -2.48. The number of carbonyl (C=O) groups excluding carboxylic acids is 2. The monoisotopic (exact) mass is 333 g/mol. The number of hydrogen-bond acceptors (Lipinski definition) is 6. The molecule has 0 unspecified atom stereocenters. The van der Waals surface area contributed by atoms with Gasteiger partial charge in [0.05, 0.1) is 19.3 Å². The minimum absolute atomic E-state index is 0.0251. The standard InChI is InChI=1S/C16H23N5O3/c1-11(22)19-8-15(23)21-6-3-13-12(9-21)10-24-14(13)7-20-16-17-4-2-5-18-16/h2,4-5,12-14H,3,6-10H2,1H3,(H,19,22)(H,17,18,20)/t12-,13-,14+/m1/s1. The molecule has 24 heavy (non-hydrogen) atoms. The Kier molecular flexibility index (Phi) is 5.24. The van der Waals surface area contributed by atoms with Crippen LogP contribution in [0.4, 0.5) is 5.95 Å². The van der Waals surface area contributed by atoms with Crippen molar-refractivity contribution in [2.45, 2.75) is 19.4 Å². The van der Waals surface area contributed by atoms with Crippen molar-refractivity contribution in [2.75, 3.05) is 38.1 Å². The third kappa shape index (κ3) is 4.00. The molecule has 2 amide bonds. The summed E-state index contributed by atoms with van der Waals surface area (Å²) in [6.07, 6.45) is 4.43. The van der Waals surface area contributed by atoms with Gasteiger partial charge in [-0.1, -0.05) is 0 Å². The van der Waals surface area contributed by atoms with E-state index in [1.165, 1.54) is 6.92 Å². The van der Waals surface area contributed by atoms with Gasteiger partial charge in [-0.15, -0.1) is 0 Å². The van der Waals surface area contributed by atoms with Crippen LogP contribution in [-0.4, -0.2) is 65.6 Å². The second kappa shape index (κ2) is 7.57. The summed E-state index contributed by atoms with van der Waals surface area (Å²) in [6.45, 7) is 4.23. The zero-order valence-corrected chi connectivity index (χ0v) is 13.8. The fraction of sp³-hybridized carbons (Fsp3) is 0.625. The second-order valence-electron chi connectivity index (χ2n) is 6.29. The number of anilines is 1. The second-order valence-corrected chi connectivity index (χ2v) is 6.29. The Bertz CT molecular complexity index is 582. The first-order valence-electron chi connectivity index (χ1n) is 8.28. The zero-order valence-electron chi connectivity index (χ0n) is 13.8. The Morgan fingerprint density at radius 2 is 2.17 bits per heavy atom. The van der Waals surface area contributed by atoms with Gasteiger partial charge in [0.25, 0.3) is 0 Å². The van der Waals surface area contributed by atoms with E-state index in [0.29, 0.717) is 44.0 Å². The van der Waals surface area contributed by atoms with Crippen LogP contribution < -0.4 is 10.6 Å². The number of piperidine rings is 1. The Hall–Kier alpha value is -2.22. The quantitative estimate of drug-likeness (QED) is 0.780. The Morgan fingerprint density at radius 1 is 1.38 bits per heavy atom. The molecule has 3 heterocycles. The average Bonchev–Trinajstić information content (AvgIpc) is 3.01. The summed E-state index contributed by atoms with van der Waals surface area (Å²) in [5.41, 5.74) is 0. The van der Waals surface area contributed by atoms with Gasteiger partial charge in [0, 0.05) is 44.9 Å². The highest BCUT2D eigenvalue weighted by atomic mass is 16.5. The molecule has 2 fully saturated rings. The molecule has 0 saturated carbocycles. The van der Waals surface area contributed by atoms with Crippen LogP contribution >= 0.6 is 0 Å². The molecule has 2 saturated heterocycles. The molecular weight excluding hydrogens is 310 g/mol. The maximum Gasteiger partial charge on any atom is 0.241 e. The van der Waals surface area contributed by atoms with E-state index in [0.717, 1.165) is 6.42 Å². The molecule has 2 aliphatic rings. The van der Waals surface area contributed by atoms with Gasteiger partial charge < -0.3 is 20.3 Å². The third-order valence-corrected chi connectivity index (χ3v) is 4.66. The van der Waals surface area contributed by atoms with Crippen LogP contribution in [0.25, 0.3) is 0 Å². The molecule has 2 aliphatic heterocycles. The van der Waals surface area contributed by atoms with Crippen molar-refractivity contribution in [3.63, 3.8) is 0 Å². The summed E-state index contributed by atoms with van der Waals surface area (Å²) >= 11 is 0. The molecule has 130 valence electrons. The highest BCUT2D eigenvalue weighted by molar-refractivity contribution is 5.83. The summed E-state index contributed by atoms with van der Waals surface area (Å²) in [7, 11) is 0. The van der Waals surface area contributed by atoms with Gasteiger partial charge in [-0.3, -0.25) is 9.59 Å². The van der Waals surface area contributed by atoms with Gasteiger partial charge in [0.15, 0.2) is 0 Å². The molecule has 8 heteroatoms. The van der Waals surface area contributed by atoms with Gasteiger partial charge in [0.1, 0.15) is 0 Å². The molecule has 3 atom stereocenters. The molecule has 8 nitrogen and oxygen atoms in total. The first kappa shape index (κ1) is 16.6. The van der Waals surface area contributed by atoms with Crippen molar-refractivity contribution >= 4 is 17.8 Å². The van der Waals surface area contributed by atoms with Crippen molar-refractivity contribution in [2.24, 2.45) is 11.8 Å². The van der Waals surface area contributed by atoms with Crippen LogP contribution in [0.1, 0.15) is 13.3 Å². The van der Waals surface area contributed by atoms with Crippen molar-refractivity contribution in [1.29, 1.82) is 0 Å². The summed E-state index contributed by atoms with van der Waals surface area (Å²) < 4.78 is 5.92. The van der Waals surface area contributed by atoms with Gasteiger partial charge >= 0.3 is 0 Å². The van der Waals surface area contributed by atoms with E-state index >= 15 is 0 Å². The van der Waals surface area contributed by atoms with E-state index in [4.69, 9.17) is 4.74 Å². The Morgan fingerprint density at radius 3 is 2.92 bits per heavy atom. The molecule has 3 rings (SSSR count). The minimum Gasteiger partial charge on any atom is -0.376 e. The molecule has 0 radical (unpaired) electrons. The van der Waals surface area contributed by atoms with Gasteiger partial charge in [0.2, 0.25) is 17.8 Å². The number of amides is 2. The lowest BCUT2D eigenvalue weighted by molar-refractivity contribution is -0.134. The predicted octanol–water partition coefficient (Wildman–Crippen LogP) is -0.112. The Balaban J connectivity index is 1.48. The van der Waals surface area contributed by atoms with Crippen molar-refractivity contribution < 1.29 is 14.3 Å². The van der Waals surface area contributed by atoms with Crippen LogP contribution in [0.15, 0.2) is 18.5 Å². The van der Waals surface area contributed by atoms with E-state index in [-0.39, 0.29) is 24.5 Å². The van der Waals surface area contributed by atoms with Crippen LogP contribution in [0.5, 0.6) is 0 Å². The molecule has 1 aromatic heterocycles. The summed E-state index contributed by atoms with van der Waals surface area (Å²) in [4.78, 5) is 33.2. The fourth-order valence-corrected chi connectivity index (χ4v) is 3.42. The van der Waals surface area contributed by atoms with Crippen molar-refractivity contribution in [3.05, 3.63) is 18.5 Å². The normalized spacial score (nSPS) is 25.9. The summed E-state index contributed by atoms with van der Waals surface area (Å²) in [6, 6.07) is 1.78. The number of fused-ring (bicyclic) bond motifs is 1. The summed E-state index contributed by atoms with van der Waals surface area (Å²) in [5.74, 6) is 1.18. The topological polar surface area (TPSA) is 96.5 Å². The van der Waals surface area contributed by atoms with E-state index in [9.17, 15) is 9.59 Å². The predicted molar refractivity (Wildman–Crippen MR) is 87.1 cm³/mol. The van der Waals surface area contributed by atoms with Crippen LogP contribution in [0.3, 0.4) is 0 Å². The lowest BCUT2D eigenvalue weighted by atomic mass is 9.84. The number of aromatic nitrogens is 2. The number of rotatable bonds is 5. The van der Waals surface area contributed by atoms with Crippen molar-refractivity contribution in [1.82, 2.24) is 20.2 Å². The van der Waals surface area contributed by atoms with Gasteiger partial charge in [-0.2, -0.15) is 0 Å².